The Morgan fingerprint density at radius 3 is 2.69 bits per heavy atom. The van der Waals surface area contributed by atoms with E-state index in [9.17, 15) is 9.18 Å². The number of alkyl halides is 1. The predicted molar refractivity (Wildman–Crippen MR) is 69.4 cm³/mol. The van der Waals surface area contributed by atoms with Crippen LogP contribution in [0.3, 0.4) is 0 Å². The second-order valence-electron chi connectivity index (χ2n) is 4.10. The second-order valence-corrected chi connectivity index (χ2v) is 5.51. The normalized spacial score (nSPS) is 11.3. The highest BCUT2D eigenvalue weighted by Crippen LogP contribution is 2.19. The molecule has 0 radical (unpaired) electrons. The summed E-state index contributed by atoms with van der Waals surface area (Å²) in [7, 11) is 0. The van der Waals surface area contributed by atoms with E-state index in [-0.39, 0.29) is 11.4 Å². The predicted octanol–water partition coefficient (Wildman–Crippen LogP) is 3.49. The molecule has 2 nitrogen and oxygen atoms in total. The number of carbonyl (C=O) groups excluding carboxylic acids is 1. The zero-order valence-corrected chi connectivity index (χ0v) is 12.2. The number of nitrogens with one attached hydrogen (secondary N) is 1. The Hall–Kier alpha value is -0.420. The molecule has 0 aliphatic carbocycles. The molecule has 1 N–H and O–H groups in total. The van der Waals surface area contributed by atoms with Crippen LogP contribution in [-0.4, -0.2) is 16.8 Å². The minimum absolute atomic E-state index is 0.296. The van der Waals surface area contributed by atoms with E-state index in [2.05, 4.69) is 37.2 Å². The lowest BCUT2D eigenvalue weighted by Gasteiger charge is -2.23. The quantitative estimate of drug-likeness (QED) is 0.829. The highest BCUT2D eigenvalue weighted by molar-refractivity contribution is 9.10. The van der Waals surface area contributed by atoms with Gasteiger partial charge in [-0.1, -0.05) is 15.9 Å². The monoisotopic (exact) mass is 351 g/mol. The van der Waals surface area contributed by atoms with Gasteiger partial charge < -0.3 is 5.32 Å². The molecule has 1 aromatic rings. The van der Waals surface area contributed by atoms with E-state index in [4.69, 9.17) is 0 Å². The third-order valence-electron chi connectivity index (χ3n) is 1.96. The van der Waals surface area contributed by atoms with E-state index >= 15 is 0 Å². The van der Waals surface area contributed by atoms with Crippen molar-refractivity contribution in [2.75, 3.05) is 5.33 Å². The summed E-state index contributed by atoms with van der Waals surface area (Å²) in [6.07, 6.45) is 0. The molecule has 16 heavy (non-hydrogen) atoms. The van der Waals surface area contributed by atoms with Crippen LogP contribution in [0.5, 0.6) is 0 Å². The summed E-state index contributed by atoms with van der Waals surface area (Å²) in [6.45, 7) is 3.76. The van der Waals surface area contributed by atoms with Crippen molar-refractivity contribution in [3.8, 4) is 0 Å². The Morgan fingerprint density at radius 2 is 2.12 bits per heavy atom. The Kier molecular flexibility index (Phi) is 4.50. The first kappa shape index (κ1) is 13.6. The van der Waals surface area contributed by atoms with Crippen LogP contribution in [-0.2, 0) is 0 Å². The fraction of sp³-hybridized carbons (Fsp3) is 0.364. The van der Waals surface area contributed by atoms with Crippen LogP contribution >= 0.6 is 31.9 Å². The van der Waals surface area contributed by atoms with Crippen molar-refractivity contribution < 1.29 is 9.18 Å². The van der Waals surface area contributed by atoms with Gasteiger partial charge in [-0.15, -0.1) is 0 Å². The second kappa shape index (κ2) is 5.27. The van der Waals surface area contributed by atoms with Crippen molar-refractivity contribution in [2.45, 2.75) is 19.4 Å². The van der Waals surface area contributed by atoms with Crippen LogP contribution < -0.4 is 5.32 Å². The van der Waals surface area contributed by atoms with Crippen LogP contribution in [0.1, 0.15) is 24.2 Å². The summed E-state index contributed by atoms with van der Waals surface area (Å²) in [6, 6.07) is 4.03. The van der Waals surface area contributed by atoms with E-state index in [1.165, 1.54) is 18.2 Å². The molecule has 0 saturated heterocycles. The highest BCUT2D eigenvalue weighted by atomic mass is 79.9. The lowest BCUT2D eigenvalue weighted by molar-refractivity contribution is 0.0920. The first-order valence-electron chi connectivity index (χ1n) is 4.69. The number of halogens is 3. The smallest absolute Gasteiger partial charge is 0.252 e. The molecule has 0 aromatic heterocycles. The fourth-order valence-electron chi connectivity index (χ4n) is 1.08. The average Bonchev–Trinajstić information content (AvgIpc) is 2.21. The van der Waals surface area contributed by atoms with Crippen LogP contribution in [0, 0.1) is 5.82 Å². The molecule has 0 atom stereocenters. The van der Waals surface area contributed by atoms with Gasteiger partial charge in [-0.05, 0) is 48.0 Å². The largest absolute Gasteiger partial charge is 0.346 e. The summed E-state index contributed by atoms with van der Waals surface area (Å²) in [5.41, 5.74) is -0.0722. The average molecular weight is 353 g/mol. The SMILES string of the molecule is CC(C)(CBr)NC(=O)c1cc(F)ccc1Br. The molecule has 0 bridgehead atoms. The van der Waals surface area contributed by atoms with E-state index < -0.39 is 5.82 Å². The topological polar surface area (TPSA) is 29.1 Å². The molecule has 1 rings (SSSR count). The van der Waals surface area contributed by atoms with Crippen LogP contribution in [0.4, 0.5) is 4.39 Å². The molecule has 1 aromatic carbocycles. The first-order chi connectivity index (χ1) is 7.35. The Labute approximate surface area is 111 Å². The molecular weight excluding hydrogens is 341 g/mol. The lowest BCUT2D eigenvalue weighted by Crippen LogP contribution is -2.44. The van der Waals surface area contributed by atoms with Gasteiger partial charge in [0, 0.05) is 15.3 Å². The van der Waals surface area contributed by atoms with Gasteiger partial charge in [-0.3, -0.25) is 4.79 Å². The molecule has 88 valence electrons. The number of hydrogen-bond donors (Lipinski definition) is 1. The van der Waals surface area contributed by atoms with Crippen molar-refractivity contribution in [1.29, 1.82) is 0 Å². The third kappa shape index (κ3) is 3.56. The Balaban J connectivity index is 2.93. The van der Waals surface area contributed by atoms with Gasteiger partial charge in [0.1, 0.15) is 5.82 Å². The zero-order valence-electron chi connectivity index (χ0n) is 8.98. The summed E-state index contributed by atoms with van der Waals surface area (Å²) in [5.74, 6) is -0.721. The van der Waals surface area contributed by atoms with Crippen LogP contribution in [0.2, 0.25) is 0 Å². The van der Waals surface area contributed by atoms with Crippen molar-refractivity contribution in [3.05, 3.63) is 34.1 Å². The lowest BCUT2D eigenvalue weighted by atomic mass is 10.1. The van der Waals surface area contributed by atoms with E-state index in [1.807, 2.05) is 13.8 Å². The molecule has 0 aliphatic rings. The van der Waals surface area contributed by atoms with Gasteiger partial charge in [0.05, 0.1) is 5.56 Å². The van der Waals surface area contributed by atoms with Crippen molar-refractivity contribution in [1.82, 2.24) is 5.32 Å². The van der Waals surface area contributed by atoms with Gasteiger partial charge in [-0.25, -0.2) is 4.39 Å². The van der Waals surface area contributed by atoms with Crippen molar-refractivity contribution in [3.63, 3.8) is 0 Å². The molecule has 5 heteroatoms. The molecule has 1 amide bonds. The number of carbonyl (C=O) groups is 1. The maximum absolute atomic E-state index is 13.0. The number of hydrogen-bond acceptors (Lipinski definition) is 1. The standard InChI is InChI=1S/C11H12Br2FNO/c1-11(2,6-12)15-10(16)8-5-7(14)3-4-9(8)13/h3-5H,6H2,1-2H3,(H,15,16). The van der Waals surface area contributed by atoms with E-state index in [1.54, 1.807) is 0 Å². The summed E-state index contributed by atoms with van der Waals surface area (Å²) in [4.78, 5) is 11.9. The Bertz CT molecular complexity index is 407. The number of rotatable bonds is 3. The van der Waals surface area contributed by atoms with Gasteiger partial charge in [0.25, 0.3) is 5.91 Å². The molecule has 0 heterocycles. The molecule has 0 saturated carbocycles. The Morgan fingerprint density at radius 1 is 1.50 bits per heavy atom. The maximum Gasteiger partial charge on any atom is 0.252 e. The first-order valence-corrected chi connectivity index (χ1v) is 6.61. The van der Waals surface area contributed by atoms with Gasteiger partial charge in [0.15, 0.2) is 0 Å². The van der Waals surface area contributed by atoms with E-state index in [0.29, 0.717) is 15.4 Å². The van der Waals surface area contributed by atoms with Crippen molar-refractivity contribution in [2.24, 2.45) is 0 Å². The molecule has 0 unspecified atom stereocenters. The highest BCUT2D eigenvalue weighted by Gasteiger charge is 2.21. The van der Waals surface area contributed by atoms with Gasteiger partial charge >= 0.3 is 0 Å². The van der Waals surface area contributed by atoms with Crippen molar-refractivity contribution >= 4 is 37.8 Å². The van der Waals surface area contributed by atoms with Gasteiger partial charge in [0.2, 0.25) is 0 Å². The zero-order chi connectivity index (χ0) is 12.3. The number of benzene rings is 1. The molecule has 0 aliphatic heterocycles. The summed E-state index contributed by atoms with van der Waals surface area (Å²) < 4.78 is 13.6. The third-order valence-corrected chi connectivity index (χ3v) is 4.05. The maximum atomic E-state index is 13.0. The molecular formula is C11H12Br2FNO. The minimum atomic E-state index is -0.426. The van der Waals surface area contributed by atoms with Crippen LogP contribution in [0.25, 0.3) is 0 Å². The molecule has 0 spiro atoms. The summed E-state index contributed by atoms with van der Waals surface area (Å²) in [5, 5.41) is 3.43. The molecule has 0 fully saturated rings. The summed E-state index contributed by atoms with van der Waals surface area (Å²) >= 11 is 6.53. The van der Waals surface area contributed by atoms with E-state index in [0.717, 1.165) is 0 Å². The number of amides is 1. The van der Waals surface area contributed by atoms with Gasteiger partial charge in [-0.2, -0.15) is 0 Å². The minimum Gasteiger partial charge on any atom is -0.346 e. The van der Waals surface area contributed by atoms with Crippen LogP contribution in [0.15, 0.2) is 22.7 Å². The fourth-order valence-corrected chi connectivity index (χ4v) is 1.65.